The molecule has 3 N–H and O–H groups in total. The molecule has 2 amide bonds. The van der Waals surface area contributed by atoms with Crippen LogP contribution in [-0.4, -0.2) is 29.6 Å². The van der Waals surface area contributed by atoms with Crippen LogP contribution in [0.4, 0.5) is 10.1 Å². The van der Waals surface area contributed by atoms with Crippen molar-refractivity contribution in [2.45, 2.75) is 13.0 Å². The van der Waals surface area contributed by atoms with Crippen molar-refractivity contribution in [3.8, 4) is 0 Å². The summed E-state index contributed by atoms with van der Waals surface area (Å²) in [6, 6.07) is 3.55. The van der Waals surface area contributed by atoms with Gasteiger partial charge in [0.1, 0.15) is 5.82 Å². The molecule has 0 saturated carbocycles. The topological polar surface area (TPSA) is 78.4 Å². The van der Waals surface area contributed by atoms with E-state index in [0.717, 1.165) is 6.07 Å². The number of hydrogen-bond acceptors (Lipinski definition) is 3. The van der Waals surface area contributed by atoms with Gasteiger partial charge in [-0.1, -0.05) is 11.6 Å². The predicted molar refractivity (Wildman–Crippen MR) is 64.7 cm³/mol. The largest absolute Gasteiger partial charge is 0.392 e. The second kappa shape index (κ2) is 6.32. The molecule has 18 heavy (non-hydrogen) atoms. The summed E-state index contributed by atoms with van der Waals surface area (Å²) in [7, 11) is 0. The molecule has 0 aliphatic heterocycles. The van der Waals surface area contributed by atoms with Crippen LogP contribution < -0.4 is 10.6 Å². The maximum Gasteiger partial charge on any atom is 0.313 e. The van der Waals surface area contributed by atoms with Gasteiger partial charge in [0.05, 0.1) is 11.1 Å². The van der Waals surface area contributed by atoms with Crippen molar-refractivity contribution >= 4 is 29.1 Å². The van der Waals surface area contributed by atoms with Crippen LogP contribution in [0.15, 0.2) is 18.2 Å². The molecule has 1 unspecified atom stereocenters. The van der Waals surface area contributed by atoms with Crippen LogP contribution in [0.5, 0.6) is 0 Å². The zero-order valence-electron chi connectivity index (χ0n) is 9.54. The van der Waals surface area contributed by atoms with Crippen LogP contribution in [-0.2, 0) is 9.59 Å². The summed E-state index contributed by atoms with van der Waals surface area (Å²) in [4.78, 5) is 22.6. The number of aliphatic hydroxyl groups excluding tert-OH is 1. The van der Waals surface area contributed by atoms with Crippen molar-refractivity contribution < 1.29 is 19.1 Å². The van der Waals surface area contributed by atoms with Crippen LogP contribution >= 0.6 is 11.6 Å². The fourth-order valence-corrected chi connectivity index (χ4v) is 1.26. The first-order valence-corrected chi connectivity index (χ1v) is 5.50. The molecule has 0 radical (unpaired) electrons. The Balaban J connectivity index is 2.58. The van der Waals surface area contributed by atoms with Gasteiger partial charge in [-0.25, -0.2) is 4.39 Å². The molecule has 1 atom stereocenters. The number of benzene rings is 1. The highest BCUT2D eigenvalue weighted by Gasteiger charge is 2.14. The molecule has 5 nitrogen and oxygen atoms in total. The number of aliphatic hydroxyl groups is 1. The van der Waals surface area contributed by atoms with E-state index in [2.05, 4.69) is 10.6 Å². The van der Waals surface area contributed by atoms with E-state index < -0.39 is 23.7 Å². The SMILES string of the molecule is CC(O)CNC(=O)C(=O)Nc1ccc(F)c(Cl)c1. The third kappa shape index (κ3) is 4.31. The van der Waals surface area contributed by atoms with Gasteiger partial charge in [0.25, 0.3) is 0 Å². The monoisotopic (exact) mass is 274 g/mol. The van der Waals surface area contributed by atoms with E-state index in [-0.39, 0.29) is 17.3 Å². The van der Waals surface area contributed by atoms with E-state index in [9.17, 15) is 14.0 Å². The van der Waals surface area contributed by atoms with Gasteiger partial charge < -0.3 is 15.7 Å². The second-order valence-corrected chi connectivity index (χ2v) is 4.05. The van der Waals surface area contributed by atoms with Gasteiger partial charge in [0, 0.05) is 12.2 Å². The van der Waals surface area contributed by atoms with Gasteiger partial charge in [-0.05, 0) is 25.1 Å². The number of amides is 2. The summed E-state index contributed by atoms with van der Waals surface area (Å²) >= 11 is 5.52. The maximum atomic E-state index is 12.9. The highest BCUT2D eigenvalue weighted by Crippen LogP contribution is 2.19. The van der Waals surface area contributed by atoms with Crippen LogP contribution in [0.1, 0.15) is 6.92 Å². The van der Waals surface area contributed by atoms with E-state index in [4.69, 9.17) is 16.7 Å². The Morgan fingerprint density at radius 2 is 2.11 bits per heavy atom. The van der Waals surface area contributed by atoms with Crippen LogP contribution in [0, 0.1) is 5.82 Å². The van der Waals surface area contributed by atoms with E-state index in [1.54, 1.807) is 0 Å². The highest BCUT2D eigenvalue weighted by atomic mass is 35.5. The molecule has 1 aromatic carbocycles. The van der Waals surface area contributed by atoms with Crippen LogP contribution in [0.25, 0.3) is 0 Å². The van der Waals surface area contributed by atoms with E-state index >= 15 is 0 Å². The first-order valence-electron chi connectivity index (χ1n) is 5.12. The molecule has 98 valence electrons. The van der Waals surface area contributed by atoms with Crippen LogP contribution in [0.3, 0.4) is 0 Å². The van der Waals surface area contributed by atoms with Crippen molar-refractivity contribution in [3.05, 3.63) is 29.0 Å². The first-order chi connectivity index (χ1) is 8.40. The first kappa shape index (κ1) is 14.4. The Morgan fingerprint density at radius 1 is 1.44 bits per heavy atom. The minimum absolute atomic E-state index is 0.0313. The zero-order valence-corrected chi connectivity index (χ0v) is 10.3. The molecule has 0 aromatic heterocycles. The van der Waals surface area contributed by atoms with Crippen molar-refractivity contribution in [1.29, 1.82) is 0 Å². The number of hydrogen-bond donors (Lipinski definition) is 3. The lowest BCUT2D eigenvalue weighted by Crippen LogP contribution is -2.38. The van der Waals surface area contributed by atoms with Gasteiger partial charge in [0.15, 0.2) is 0 Å². The van der Waals surface area contributed by atoms with Gasteiger partial charge >= 0.3 is 11.8 Å². The van der Waals surface area contributed by atoms with E-state index in [1.807, 2.05) is 0 Å². The lowest BCUT2D eigenvalue weighted by molar-refractivity contribution is -0.136. The quantitative estimate of drug-likeness (QED) is 0.717. The predicted octanol–water partition coefficient (Wildman–Crippen LogP) is 0.915. The molecule has 1 aromatic rings. The van der Waals surface area contributed by atoms with Crippen molar-refractivity contribution in [2.24, 2.45) is 0 Å². The summed E-state index contributed by atoms with van der Waals surface area (Å²) < 4.78 is 12.9. The van der Waals surface area contributed by atoms with Gasteiger partial charge in [-0.15, -0.1) is 0 Å². The Bertz CT molecular complexity index is 466. The van der Waals surface area contributed by atoms with E-state index in [1.165, 1.54) is 19.1 Å². The number of rotatable bonds is 3. The molecular formula is C11H12ClFN2O3. The molecule has 0 fully saturated rings. The average molecular weight is 275 g/mol. The summed E-state index contributed by atoms with van der Waals surface area (Å²) in [6.07, 6.45) is -0.748. The standard InChI is InChI=1S/C11H12ClFN2O3/c1-6(16)5-14-10(17)11(18)15-7-2-3-9(13)8(12)4-7/h2-4,6,16H,5H2,1H3,(H,14,17)(H,15,18). The van der Waals surface area contributed by atoms with Crippen molar-refractivity contribution in [1.82, 2.24) is 5.32 Å². The van der Waals surface area contributed by atoms with Gasteiger partial charge in [-0.3, -0.25) is 9.59 Å². The number of carbonyl (C=O) groups excluding carboxylic acids is 2. The summed E-state index contributed by atoms with van der Waals surface area (Å²) in [5.74, 6) is -2.43. The fraction of sp³-hybridized carbons (Fsp3) is 0.273. The smallest absolute Gasteiger partial charge is 0.313 e. The summed E-state index contributed by atoms with van der Waals surface area (Å²) in [6.45, 7) is 1.44. The highest BCUT2D eigenvalue weighted by molar-refractivity contribution is 6.39. The van der Waals surface area contributed by atoms with Gasteiger partial charge in [0.2, 0.25) is 0 Å². The van der Waals surface area contributed by atoms with Crippen molar-refractivity contribution in [3.63, 3.8) is 0 Å². The lowest BCUT2D eigenvalue weighted by atomic mass is 10.3. The van der Waals surface area contributed by atoms with Gasteiger partial charge in [-0.2, -0.15) is 0 Å². The number of anilines is 1. The summed E-state index contributed by atoms with van der Waals surface area (Å²) in [5, 5.41) is 13.2. The van der Waals surface area contributed by atoms with Crippen LogP contribution in [0.2, 0.25) is 5.02 Å². The maximum absolute atomic E-state index is 12.9. The number of nitrogens with one attached hydrogen (secondary N) is 2. The fourth-order valence-electron chi connectivity index (χ4n) is 1.08. The molecule has 0 bridgehead atoms. The Hall–Kier alpha value is -1.66. The molecule has 0 spiro atoms. The van der Waals surface area contributed by atoms with Crippen molar-refractivity contribution in [2.75, 3.05) is 11.9 Å². The number of halogens is 2. The van der Waals surface area contributed by atoms with E-state index in [0.29, 0.717) is 0 Å². The Kier molecular flexibility index (Phi) is 5.06. The number of carbonyl (C=O) groups is 2. The molecule has 1 rings (SSSR count). The molecule has 0 saturated heterocycles. The Labute approximate surface area is 108 Å². The normalized spacial score (nSPS) is 11.8. The molecule has 0 heterocycles. The molecular weight excluding hydrogens is 263 g/mol. The minimum atomic E-state index is -0.918. The minimum Gasteiger partial charge on any atom is -0.392 e. The second-order valence-electron chi connectivity index (χ2n) is 3.64. The summed E-state index contributed by atoms with van der Waals surface area (Å²) in [5.41, 5.74) is 0.207. The molecule has 0 aliphatic rings. The third-order valence-electron chi connectivity index (χ3n) is 1.94. The average Bonchev–Trinajstić information content (AvgIpc) is 2.30. The molecule has 7 heteroatoms. The lowest BCUT2D eigenvalue weighted by Gasteiger charge is -2.08. The zero-order chi connectivity index (χ0) is 13.7. The molecule has 0 aliphatic carbocycles. The third-order valence-corrected chi connectivity index (χ3v) is 2.23. The Morgan fingerprint density at radius 3 is 2.67 bits per heavy atom.